The summed E-state index contributed by atoms with van der Waals surface area (Å²) in [5, 5.41) is 2.69. The van der Waals surface area contributed by atoms with E-state index in [4.69, 9.17) is 9.29 Å². The van der Waals surface area contributed by atoms with Gasteiger partial charge in [0.05, 0.1) is 19.1 Å². The lowest BCUT2D eigenvalue weighted by atomic mass is 9.79. The van der Waals surface area contributed by atoms with Crippen LogP contribution in [0.15, 0.2) is 35.1 Å². The highest BCUT2D eigenvalue weighted by Gasteiger charge is 2.25. The summed E-state index contributed by atoms with van der Waals surface area (Å²) in [7, 11) is -2.39. The number of ether oxygens (including phenoxy) is 1. The van der Waals surface area contributed by atoms with Gasteiger partial charge in [0.15, 0.2) is 0 Å². The van der Waals surface area contributed by atoms with Crippen LogP contribution in [0.4, 0.5) is 0 Å². The molecule has 0 fully saturated rings. The van der Waals surface area contributed by atoms with Crippen molar-refractivity contribution >= 4 is 16.0 Å². The quantitative estimate of drug-likeness (QED) is 0.265. The molecular weight excluding hydrogens is 342 g/mol. The van der Waals surface area contributed by atoms with Crippen molar-refractivity contribution in [3.05, 3.63) is 35.1 Å². The fraction of sp³-hybridized carbons (Fsp3) is 0.611. The highest BCUT2D eigenvalue weighted by Crippen LogP contribution is 2.32. The Bertz CT molecular complexity index is 642. The topological polar surface area (TPSA) is 92.7 Å². The Hall–Kier alpha value is -1.60. The second kappa shape index (κ2) is 10.4. The van der Waals surface area contributed by atoms with Gasteiger partial charge >= 0.3 is 0 Å². The molecule has 0 spiro atoms. The Labute approximate surface area is 151 Å². The van der Waals surface area contributed by atoms with Gasteiger partial charge < -0.3 is 10.1 Å². The maximum absolute atomic E-state index is 12.1. The lowest BCUT2D eigenvalue weighted by molar-refractivity contribution is -0.122. The first-order valence-corrected chi connectivity index (χ1v) is 9.77. The Balaban J connectivity index is 4.79. The van der Waals surface area contributed by atoms with E-state index in [1.807, 2.05) is 46.8 Å². The third kappa shape index (κ3) is 10.8. The van der Waals surface area contributed by atoms with Crippen molar-refractivity contribution in [3.8, 4) is 0 Å². The molecule has 0 aliphatic carbocycles. The minimum absolute atomic E-state index is 0.146. The third-order valence-corrected chi connectivity index (χ3v) is 4.83. The fourth-order valence-corrected chi connectivity index (χ4v) is 2.79. The molecule has 0 aromatic carbocycles. The largest absolute Gasteiger partial charge is 0.504 e. The third-order valence-electron chi connectivity index (χ3n) is 4.02. The van der Waals surface area contributed by atoms with Crippen LogP contribution >= 0.6 is 0 Å². The molecule has 0 atom stereocenters. The lowest BCUT2D eigenvalue weighted by Crippen LogP contribution is -2.31. The average Bonchev–Trinajstić information content (AvgIpc) is 2.47. The summed E-state index contributed by atoms with van der Waals surface area (Å²) in [6, 6.07) is 0. The van der Waals surface area contributed by atoms with Crippen LogP contribution in [0.5, 0.6) is 0 Å². The molecule has 0 aliphatic heterocycles. The number of nitrogens with one attached hydrogen (secondary N) is 1. The Kier molecular flexibility index (Phi) is 9.74. The molecule has 0 unspecified atom stereocenters. The second-order valence-corrected chi connectivity index (χ2v) is 8.36. The second-order valence-electron chi connectivity index (χ2n) is 6.79. The van der Waals surface area contributed by atoms with E-state index in [9.17, 15) is 13.2 Å². The minimum atomic E-state index is -3.98. The predicted molar refractivity (Wildman–Crippen MR) is 101 cm³/mol. The van der Waals surface area contributed by atoms with Gasteiger partial charge in [-0.2, -0.15) is 8.42 Å². The smallest absolute Gasteiger partial charge is 0.264 e. The Morgan fingerprint density at radius 2 is 1.84 bits per heavy atom. The molecule has 0 aromatic rings. The van der Waals surface area contributed by atoms with Crippen molar-refractivity contribution in [2.24, 2.45) is 5.41 Å². The van der Waals surface area contributed by atoms with E-state index in [0.717, 1.165) is 16.7 Å². The molecule has 2 N–H and O–H groups in total. The summed E-state index contributed by atoms with van der Waals surface area (Å²) >= 11 is 0. The van der Waals surface area contributed by atoms with Gasteiger partial charge in [0, 0.05) is 13.0 Å². The molecule has 1 amide bonds. The van der Waals surface area contributed by atoms with Gasteiger partial charge in [0.25, 0.3) is 10.1 Å². The van der Waals surface area contributed by atoms with E-state index in [-0.39, 0.29) is 30.0 Å². The van der Waals surface area contributed by atoms with E-state index in [1.165, 1.54) is 0 Å². The van der Waals surface area contributed by atoms with Crippen LogP contribution < -0.4 is 5.32 Å². The summed E-state index contributed by atoms with van der Waals surface area (Å²) in [4.78, 5) is 12.1. The van der Waals surface area contributed by atoms with Gasteiger partial charge in [-0.15, -0.1) is 0 Å². The molecule has 6 nitrogen and oxygen atoms in total. The molecule has 25 heavy (non-hydrogen) atoms. The molecule has 7 heteroatoms. The molecule has 0 aromatic heterocycles. The van der Waals surface area contributed by atoms with Crippen molar-refractivity contribution in [1.29, 1.82) is 0 Å². The molecular formula is C18H31NO5S. The molecule has 0 bridgehead atoms. The molecule has 0 aliphatic rings. The summed E-state index contributed by atoms with van der Waals surface area (Å²) in [5.41, 5.74) is 2.90. The lowest BCUT2D eigenvalue weighted by Gasteiger charge is -2.27. The van der Waals surface area contributed by atoms with Crippen molar-refractivity contribution in [2.45, 2.75) is 47.5 Å². The van der Waals surface area contributed by atoms with Crippen LogP contribution in [-0.2, 0) is 19.6 Å². The molecule has 0 radical (unpaired) electrons. The zero-order valence-corrected chi connectivity index (χ0v) is 16.9. The Morgan fingerprint density at radius 3 is 2.36 bits per heavy atom. The van der Waals surface area contributed by atoms with Crippen LogP contribution in [-0.4, -0.2) is 38.3 Å². The molecule has 144 valence electrons. The number of amides is 1. The van der Waals surface area contributed by atoms with Crippen LogP contribution in [0.1, 0.15) is 47.5 Å². The number of methoxy groups -OCH3 is 1. The molecule has 0 saturated carbocycles. The maximum atomic E-state index is 12.1. The number of rotatable bonds is 10. The monoisotopic (exact) mass is 373 g/mol. The van der Waals surface area contributed by atoms with Crippen LogP contribution in [0, 0.1) is 5.41 Å². The normalized spacial score (nSPS) is 14.4. The predicted octanol–water partition coefficient (Wildman–Crippen LogP) is 3.24. The van der Waals surface area contributed by atoms with Gasteiger partial charge in [0.1, 0.15) is 0 Å². The van der Waals surface area contributed by atoms with Crippen molar-refractivity contribution in [2.75, 3.05) is 19.4 Å². The number of carbonyl (C=O) groups excluding carboxylic acids is 1. The van der Waals surface area contributed by atoms with Crippen LogP contribution in [0.2, 0.25) is 0 Å². The van der Waals surface area contributed by atoms with E-state index in [1.54, 1.807) is 13.4 Å². The summed E-state index contributed by atoms with van der Waals surface area (Å²) < 4.78 is 34.8. The van der Waals surface area contributed by atoms with Gasteiger partial charge in [-0.1, -0.05) is 31.1 Å². The molecule has 0 rings (SSSR count). The number of hydrogen-bond donors (Lipinski definition) is 2. The summed E-state index contributed by atoms with van der Waals surface area (Å²) in [6.45, 7) is 10.2. The van der Waals surface area contributed by atoms with Gasteiger partial charge in [0.2, 0.25) is 5.91 Å². The first-order valence-electron chi connectivity index (χ1n) is 8.16. The SMILES string of the molecule is CO/C=C/C(C)=C\C(C)=C(/C)C(C)(C)CC(=O)NCCCS(=O)(=O)O. The fourth-order valence-electron chi connectivity index (χ4n) is 2.29. The first-order chi connectivity index (χ1) is 11.4. The number of carbonyl (C=O) groups is 1. The summed E-state index contributed by atoms with van der Waals surface area (Å²) in [5.74, 6) is -0.499. The van der Waals surface area contributed by atoms with Crippen LogP contribution in [0.3, 0.4) is 0 Å². The maximum Gasteiger partial charge on any atom is 0.264 e. The van der Waals surface area contributed by atoms with E-state index >= 15 is 0 Å². The standard InChI is InChI=1S/C18H31NO5S/c1-14(8-10-24-6)12-15(2)16(3)18(4,5)13-17(20)19-9-7-11-25(21,22)23/h8,10,12H,7,9,11,13H2,1-6H3,(H,19,20)(H,21,22,23)/b10-8+,14-12-,16-15+. The van der Waals surface area contributed by atoms with Gasteiger partial charge in [-0.25, -0.2) is 0 Å². The highest BCUT2D eigenvalue weighted by molar-refractivity contribution is 7.85. The van der Waals surface area contributed by atoms with Crippen molar-refractivity contribution < 1.29 is 22.5 Å². The number of hydrogen-bond acceptors (Lipinski definition) is 4. The zero-order chi connectivity index (χ0) is 19.7. The van der Waals surface area contributed by atoms with Crippen molar-refractivity contribution in [1.82, 2.24) is 5.32 Å². The van der Waals surface area contributed by atoms with Gasteiger partial charge in [-0.05, 0) is 44.3 Å². The minimum Gasteiger partial charge on any atom is -0.504 e. The Morgan fingerprint density at radius 1 is 1.24 bits per heavy atom. The van der Waals surface area contributed by atoms with Gasteiger partial charge in [-0.3, -0.25) is 9.35 Å². The molecule has 0 saturated heterocycles. The zero-order valence-electron chi connectivity index (χ0n) is 16.0. The highest BCUT2D eigenvalue weighted by atomic mass is 32.2. The van der Waals surface area contributed by atoms with E-state index in [2.05, 4.69) is 5.32 Å². The van der Waals surface area contributed by atoms with Crippen molar-refractivity contribution in [3.63, 3.8) is 0 Å². The number of allylic oxidation sites excluding steroid dienone is 5. The van der Waals surface area contributed by atoms with Crippen LogP contribution in [0.25, 0.3) is 0 Å². The van der Waals surface area contributed by atoms with E-state index < -0.39 is 10.1 Å². The van der Waals surface area contributed by atoms with E-state index in [0.29, 0.717) is 6.42 Å². The first kappa shape index (κ1) is 23.4. The molecule has 0 heterocycles. The summed E-state index contributed by atoms with van der Waals surface area (Å²) in [6.07, 6.45) is 6.00. The average molecular weight is 374 g/mol.